The third-order valence-electron chi connectivity index (χ3n) is 3.26. The summed E-state index contributed by atoms with van der Waals surface area (Å²) in [7, 11) is 0. The van der Waals surface area contributed by atoms with Gasteiger partial charge in [0.15, 0.2) is 0 Å². The summed E-state index contributed by atoms with van der Waals surface area (Å²) >= 11 is 0. The van der Waals surface area contributed by atoms with Crippen molar-refractivity contribution in [2.45, 2.75) is 26.5 Å². The van der Waals surface area contributed by atoms with E-state index < -0.39 is 6.61 Å². The van der Waals surface area contributed by atoms with E-state index in [4.69, 9.17) is 0 Å². The molecule has 2 aromatic rings. The molecule has 0 fully saturated rings. The Balaban J connectivity index is 2.23. The first-order valence-electron chi connectivity index (χ1n) is 6.95. The van der Waals surface area contributed by atoms with Crippen molar-refractivity contribution in [3.05, 3.63) is 65.2 Å². The molecule has 0 amide bonds. The van der Waals surface area contributed by atoms with Crippen LogP contribution in [-0.4, -0.2) is 13.2 Å². The molecule has 0 spiro atoms. The fourth-order valence-corrected chi connectivity index (χ4v) is 2.23. The normalized spacial score (nSPS) is 12.4. The molecule has 0 aliphatic heterocycles. The summed E-state index contributed by atoms with van der Waals surface area (Å²) in [5.41, 5.74) is 3.36. The molecule has 1 atom stereocenters. The van der Waals surface area contributed by atoms with Gasteiger partial charge in [0, 0.05) is 0 Å². The summed E-state index contributed by atoms with van der Waals surface area (Å²) in [5, 5.41) is 3.41. The van der Waals surface area contributed by atoms with Crippen molar-refractivity contribution in [1.82, 2.24) is 5.32 Å². The van der Waals surface area contributed by atoms with Crippen LogP contribution in [0.5, 0.6) is 5.75 Å². The third-order valence-corrected chi connectivity index (χ3v) is 3.26. The van der Waals surface area contributed by atoms with Crippen LogP contribution in [0, 0.1) is 6.92 Å². The Morgan fingerprint density at radius 2 is 1.48 bits per heavy atom. The van der Waals surface area contributed by atoms with Crippen LogP contribution in [0.2, 0.25) is 0 Å². The van der Waals surface area contributed by atoms with E-state index in [0.717, 1.165) is 17.7 Å². The number of hydrogen-bond acceptors (Lipinski definition) is 2. The maximum Gasteiger partial charge on any atom is 0.387 e. The van der Waals surface area contributed by atoms with Gasteiger partial charge < -0.3 is 10.1 Å². The van der Waals surface area contributed by atoms with Gasteiger partial charge in [0.1, 0.15) is 5.75 Å². The Hall–Kier alpha value is -1.94. The van der Waals surface area contributed by atoms with Crippen molar-refractivity contribution in [3.8, 4) is 5.75 Å². The minimum atomic E-state index is -2.79. The zero-order valence-electron chi connectivity index (χ0n) is 12.1. The van der Waals surface area contributed by atoms with Gasteiger partial charge >= 0.3 is 6.61 Å². The van der Waals surface area contributed by atoms with Gasteiger partial charge in [0.25, 0.3) is 0 Å². The topological polar surface area (TPSA) is 21.3 Å². The summed E-state index contributed by atoms with van der Waals surface area (Å²) in [5.74, 6) is 0.174. The molecule has 0 aliphatic carbocycles. The molecule has 0 radical (unpaired) electrons. The lowest BCUT2D eigenvalue weighted by molar-refractivity contribution is -0.0498. The Labute approximate surface area is 123 Å². The Morgan fingerprint density at radius 3 is 1.95 bits per heavy atom. The number of alkyl halides is 2. The van der Waals surface area contributed by atoms with Gasteiger partial charge in [-0.1, -0.05) is 48.9 Å². The van der Waals surface area contributed by atoms with E-state index in [9.17, 15) is 8.78 Å². The maximum absolute atomic E-state index is 12.2. The summed E-state index contributed by atoms with van der Waals surface area (Å²) < 4.78 is 28.7. The molecule has 0 saturated heterocycles. The largest absolute Gasteiger partial charge is 0.435 e. The zero-order valence-corrected chi connectivity index (χ0v) is 12.1. The van der Waals surface area contributed by atoms with E-state index in [1.54, 1.807) is 12.1 Å². The van der Waals surface area contributed by atoms with Crippen LogP contribution < -0.4 is 10.1 Å². The van der Waals surface area contributed by atoms with Gasteiger partial charge in [-0.3, -0.25) is 0 Å². The summed E-state index contributed by atoms with van der Waals surface area (Å²) in [6.45, 7) is 2.10. The fourth-order valence-electron chi connectivity index (χ4n) is 2.23. The van der Waals surface area contributed by atoms with Gasteiger partial charge in [-0.05, 0) is 36.7 Å². The highest BCUT2D eigenvalue weighted by atomic mass is 19.3. The monoisotopic (exact) mass is 291 g/mol. The van der Waals surface area contributed by atoms with E-state index in [1.807, 2.05) is 26.0 Å². The van der Waals surface area contributed by atoms with Crippen LogP contribution in [0.4, 0.5) is 8.78 Å². The van der Waals surface area contributed by atoms with Crippen LogP contribution in [0.15, 0.2) is 48.5 Å². The highest BCUT2D eigenvalue weighted by Crippen LogP contribution is 2.25. The molecule has 1 N–H and O–H groups in total. The van der Waals surface area contributed by atoms with E-state index in [1.165, 1.54) is 5.56 Å². The second kappa shape index (κ2) is 7.18. The minimum absolute atomic E-state index is 0.0381. The average molecular weight is 291 g/mol. The van der Waals surface area contributed by atoms with Gasteiger partial charge in [-0.15, -0.1) is 0 Å². The number of aryl methyl sites for hydroxylation is 1. The summed E-state index contributed by atoms with van der Waals surface area (Å²) in [6, 6.07) is 15.1. The number of ether oxygens (including phenoxy) is 1. The molecule has 0 aromatic heterocycles. The first kappa shape index (κ1) is 15.4. The molecule has 0 heterocycles. The highest BCUT2D eigenvalue weighted by molar-refractivity contribution is 5.36. The zero-order chi connectivity index (χ0) is 15.2. The number of nitrogens with one attached hydrogen (secondary N) is 1. The van der Waals surface area contributed by atoms with Gasteiger partial charge in [-0.2, -0.15) is 8.78 Å². The Morgan fingerprint density at radius 1 is 0.952 bits per heavy atom. The number of rotatable bonds is 6. The minimum Gasteiger partial charge on any atom is -0.435 e. The molecule has 112 valence electrons. The predicted octanol–water partition coefficient (Wildman–Crippen LogP) is 4.30. The lowest BCUT2D eigenvalue weighted by Crippen LogP contribution is -2.21. The number of halogens is 2. The smallest absolute Gasteiger partial charge is 0.387 e. The van der Waals surface area contributed by atoms with Gasteiger partial charge in [0.2, 0.25) is 0 Å². The summed E-state index contributed by atoms with van der Waals surface area (Å²) in [6.07, 6.45) is 0. The van der Waals surface area contributed by atoms with Crippen molar-refractivity contribution in [3.63, 3.8) is 0 Å². The SMILES string of the molecule is CCNC(c1ccc(C)cc1)c1ccc(OC(F)F)cc1. The molecule has 0 saturated carbocycles. The Bertz CT molecular complexity index is 552. The van der Waals surface area contributed by atoms with Crippen LogP contribution in [0.1, 0.15) is 29.7 Å². The summed E-state index contributed by atoms with van der Waals surface area (Å²) in [4.78, 5) is 0. The van der Waals surface area contributed by atoms with E-state index in [0.29, 0.717) is 0 Å². The molecule has 2 aromatic carbocycles. The molecule has 21 heavy (non-hydrogen) atoms. The molecule has 0 aliphatic rings. The quantitative estimate of drug-likeness (QED) is 0.857. The van der Waals surface area contributed by atoms with E-state index >= 15 is 0 Å². The average Bonchev–Trinajstić information content (AvgIpc) is 2.46. The predicted molar refractivity (Wildman–Crippen MR) is 79.8 cm³/mol. The third kappa shape index (κ3) is 4.26. The highest BCUT2D eigenvalue weighted by Gasteiger charge is 2.13. The lowest BCUT2D eigenvalue weighted by Gasteiger charge is -2.19. The fraction of sp³-hybridized carbons (Fsp3) is 0.294. The molecular formula is C17H19F2NO. The van der Waals surface area contributed by atoms with Crippen LogP contribution in [0.3, 0.4) is 0 Å². The molecule has 2 nitrogen and oxygen atoms in total. The number of benzene rings is 2. The standard InChI is InChI=1S/C17H19F2NO/c1-3-20-16(13-6-4-12(2)5-7-13)14-8-10-15(11-9-14)21-17(18)19/h4-11,16-17,20H,3H2,1-2H3. The molecule has 4 heteroatoms. The van der Waals surface area contributed by atoms with Crippen molar-refractivity contribution in [1.29, 1.82) is 0 Å². The second-order valence-electron chi connectivity index (χ2n) is 4.85. The van der Waals surface area contributed by atoms with E-state index in [-0.39, 0.29) is 11.8 Å². The Kier molecular flexibility index (Phi) is 5.28. The molecule has 2 rings (SSSR count). The van der Waals surface area contributed by atoms with Crippen molar-refractivity contribution in [2.75, 3.05) is 6.54 Å². The maximum atomic E-state index is 12.2. The van der Waals surface area contributed by atoms with Crippen molar-refractivity contribution >= 4 is 0 Å². The number of hydrogen-bond donors (Lipinski definition) is 1. The van der Waals surface area contributed by atoms with Crippen molar-refractivity contribution in [2.24, 2.45) is 0 Å². The van der Waals surface area contributed by atoms with E-state index in [2.05, 4.69) is 34.3 Å². The van der Waals surface area contributed by atoms with Crippen LogP contribution >= 0.6 is 0 Å². The molecule has 1 unspecified atom stereocenters. The van der Waals surface area contributed by atoms with Crippen LogP contribution in [-0.2, 0) is 0 Å². The lowest BCUT2D eigenvalue weighted by atomic mass is 9.98. The first-order chi connectivity index (χ1) is 10.1. The van der Waals surface area contributed by atoms with Gasteiger partial charge in [-0.25, -0.2) is 0 Å². The van der Waals surface area contributed by atoms with Crippen LogP contribution in [0.25, 0.3) is 0 Å². The first-order valence-corrected chi connectivity index (χ1v) is 6.95. The molecule has 0 bridgehead atoms. The van der Waals surface area contributed by atoms with Gasteiger partial charge in [0.05, 0.1) is 6.04 Å². The van der Waals surface area contributed by atoms with Crippen molar-refractivity contribution < 1.29 is 13.5 Å². The second-order valence-corrected chi connectivity index (χ2v) is 4.85. The molecular weight excluding hydrogens is 272 g/mol.